The second kappa shape index (κ2) is 7.76. The molecule has 6 nitrogen and oxygen atoms in total. The van der Waals surface area contributed by atoms with Gasteiger partial charge in [-0.15, -0.1) is 0 Å². The molecule has 28 heavy (non-hydrogen) atoms. The van der Waals surface area contributed by atoms with Crippen LogP contribution in [-0.2, 0) is 11.2 Å². The van der Waals surface area contributed by atoms with Crippen LogP contribution in [0.25, 0.3) is 5.69 Å². The van der Waals surface area contributed by atoms with E-state index in [0.717, 1.165) is 34.0 Å². The summed E-state index contributed by atoms with van der Waals surface area (Å²) in [7, 11) is 0. The van der Waals surface area contributed by atoms with Crippen molar-refractivity contribution >= 4 is 5.91 Å². The largest absolute Gasteiger partial charge is 0.454 e. The fraction of sp³-hybridized carbons (Fsp3) is 0.273. The van der Waals surface area contributed by atoms with E-state index in [1.807, 2.05) is 73.3 Å². The average molecular weight is 377 g/mol. The van der Waals surface area contributed by atoms with Gasteiger partial charge < -0.3 is 14.8 Å². The molecule has 1 aliphatic rings. The van der Waals surface area contributed by atoms with E-state index in [9.17, 15) is 4.79 Å². The van der Waals surface area contributed by atoms with Gasteiger partial charge in [-0.1, -0.05) is 24.3 Å². The van der Waals surface area contributed by atoms with Gasteiger partial charge in [0.25, 0.3) is 0 Å². The first kappa shape index (κ1) is 18.1. The Labute approximate surface area is 164 Å². The molecule has 2 aromatic carbocycles. The van der Waals surface area contributed by atoms with E-state index in [2.05, 4.69) is 10.4 Å². The highest BCUT2D eigenvalue weighted by molar-refractivity contribution is 5.76. The second-order valence-electron chi connectivity index (χ2n) is 6.91. The summed E-state index contributed by atoms with van der Waals surface area (Å²) in [5.41, 5.74) is 4.10. The number of hydrogen-bond acceptors (Lipinski definition) is 4. The molecule has 0 saturated carbocycles. The zero-order valence-electron chi connectivity index (χ0n) is 16.0. The maximum Gasteiger partial charge on any atom is 0.231 e. The third-order valence-corrected chi connectivity index (χ3v) is 4.97. The molecule has 0 radical (unpaired) electrons. The number of aryl methyl sites for hydroxylation is 1. The Morgan fingerprint density at radius 1 is 1.18 bits per heavy atom. The van der Waals surface area contributed by atoms with E-state index in [1.54, 1.807) is 0 Å². The minimum atomic E-state index is -0.110. The van der Waals surface area contributed by atoms with E-state index < -0.39 is 0 Å². The standard InChI is InChI=1S/C22H23N3O3/c1-15(19-13-23-25(16(19)2)18-6-4-3-5-7-18)24-22(26)11-9-17-8-10-20-21(12-17)28-14-27-20/h3-8,10,12-13,15H,9,11,14H2,1-2H3,(H,24,26). The third kappa shape index (κ3) is 3.71. The molecule has 1 atom stereocenters. The molecule has 0 saturated heterocycles. The number of amides is 1. The molecule has 0 spiro atoms. The van der Waals surface area contributed by atoms with Gasteiger partial charge in [0.15, 0.2) is 11.5 Å². The van der Waals surface area contributed by atoms with Crippen LogP contribution in [0, 0.1) is 6.92 Å². The van der Waals surface area contributed by atoms with Crippen molar-refractivity contribution in [2.24, 2.45) is 0 Å². The van der Waals surface area contributed by atoms with Gasteiger partial charge in [-0.2, -0.15) is 5.10 Å². The van der Waals surface area contributed by atoms with Crippen LogP contribution >= 0.6 is 0 Å². The molecular weight excluding hydrogens is 354 g/mol. The molecule has 0 bridgehead atoms. The Balaban J connectivity index is 1.36. The highest BCUT2D eigenvalue weighted by Gasteiger charge is 2.17. The molecule has 1 aliphatic heterocycles. The monoisotopic (exact) mass is 377 g/mol. The van der Waals surface area contributed by atoms with Crippen LogP contribution in [0.1, 0.15) is 36.2 Å². The molecule has 1 amide bonds. The van der Waals surface area contributed by atoms with Gasteiger partial charge in [-0.3, -0.25) is 4.79 Å². The molecule has 6 heteroatoms. The molecule has 1 unspecified atom stereocenters. The van der Waals surface area contributed by atoms with Gasteiger partial charge >= 0.3 is 0 Å². The summed E-state index contributed by atoms with van der Waals surface area (Å²) in [6, 6.07) is 15.7. The van der Waals surface area contributed by atoms with Gasteiger partial charge in [-0.05, 0) is 50.1 Å². The first-order chi connectivity index (χ1) is 13.6. The van der Waals surface area contributed by atoms with Gasteiger partial charge in [0.1, 0.15) is 0 Å². The fourth-order valence-electron chi connectivity index (χ4n) is 3.42. The summed E-state index contributed by atoms with van der Waals surface area (Å²) in [5, 5.41) is 7.56. The van der Waals surface area contributed by atoms with E-state index in [4.69, 9.17) is 9.47 Å². The predicted molar refractivity (Wildman–Crippen MR) is 106 cm³/mol. The summed E-state index contributed by atoms with van der Waals surface area (Å²) in [6.45, 7) is 4.26. The molecule has 2 heterocycles. The number of rotatable bonds is 6. The molecule has 0 fully saturated rings. The summed E-state index contributed by atoms with van der Waals surface area (Å²) in [4.78, 5) is 12.4. The van der Waals surface area contributed by atoms with Crippen molar-refractivity contribution in [3.63, 3.8) is 0 Å². The van der Waals surface area contributed by atoms with Gasteiger partial charge in [-0.25, -0.2) is 4.68 Å². The summed E-state index contributed by atoms with van der Waals surface area (Å²) in [6.07, 6.45) is 2.89. The third-order valence-electron chi connectivity index (χ3n) is 4.97. The Morgan fingerprint density at radius 2 is 1.96 bits per heavy atom. The van der Waals surface area contributed by atoms with Crippen molar-refractivity contribution < 1.29 is 14.3 Å². The Kier molecular flexibility index (Phi) is 5.02. The number of fused-ring (bicyclic) bond motifs is 1. The highest BCUT2D eigenvalue weighted by atomic mass is 16.7. The molecule has 4 rings (SSSR count). The van der Waals surface area contributed by atoms with Crippen molar-refractivity contribution in [1.82, 2.24) is 15.1 Å². The number of aromatic nitrogens is 2. The minimum Gasteiger partial charge on any atom is -0.454 e. The lowest BCUT2D eigenvalue weighted by atomic mass is 10.1. The Hall–Kier alpha value is -3.28. The van der Waals surface area contributed by atoms with Gasteiger partial charge in [0, 0.05) is 17.7 Å². The average Bonchev–Trinajstić information content (AvgIpc) is 3.33. The summed E-state index contributed by atoms with van der Waals surface area (Å²) in [5.74, 6) is 1.51. The Morgan fingerprint density at radius 3 is 2.79 bits per heavy atom. The van der Waals surface area contributed by atoms with Crippen molar-refractivity contribution in [2.45, 2.75) is 32.7 Å². The number of nitrogens with one attached hydrogen (secondary N) is 1. The van der Waals surface area contributed by atoms with Crippen LogP contribution in [0.4, 0.5) is 0 Å². The minimum absolute atomic E-state index is 0.0111. The first-order valence-corrected chi connectivity index (χ1v) is 9.39. The SMILES string of the molecule is Cc1c(C(C)NC(=O)CCc2ccc3c(c2)OCO3)cnn1-c1ccccc1. The van der Waals surface area contributed by atoms with E-state index in [0.29, 0.717) is 12.8 Å². The van der Waals surface area contributed by atoms with E-state index >= 15 is 0 Å². The van der Waals surface area contributed by atoms with Crippen molar-refractivity contribution in [2.75, 3.05) is 6.79 Å². The number of carbonyl (C=O) groups excluding carboxylic acids is 1. The number of carbonyl (C=O) groups is 1. The number of ether oxygens (including phenoxy) is 2. The molecule has 1 aromatic heterocycles. The van der Waals surface area contributed by atoms with Crippen LogP contribution in [0.3, 0.4) is 0 Å². The first-order valence-electron chi connectivity index (χ1n) is 9.39. The summed E-state index contributed by atoms with van der Waals surface area (Å²) < 4.78 is 12.6. The molecule has 0 aliphatic carbocycles. The lowest BCUT2D eigenvalue weighted by Gasteiger charge is -2.14. The van der Waals surface area contributed by atoms with Crippen LogP contribution in [-0.4, -0.2) is 22.5 Å². The quantitative estimate of drug-likeness (QED) is 0.711. The Bertz CT molecular complexity index is 982. The van der Waals surface area contributed by atoms with E-state index in [-0.39, 0.29) is 18.7 Å². The van der Waals surface area contributed by atoms with Crippen molar-refractivity contribution in [1.29, 1.82) is 0 Å². The highest BCUT2D eigenvalue weighted by Crippen LogP contribution is 2.32. The number of benzene rings is 2. The molecule has 1 N–H and O–H groups in total. The second-order valence-corrected chi connectivity index (χ2v) is 6.91. The zero-order valence-corrected chi connectivity index (χ0v) is 16.0. The van der Waals surface area contributed by atoms with Crippen LogP contribution in [0.15, 0.2) is 54.7 Å². The maximum absolute atomic E-state index is 12.4. The van der Waals surface area contributed by atoms with Crippen LogP contribution in [0.5, 0.6) is 11.5 Å². The number of hydrogen-bond donors (Lipinski definition) is 1. The number of nitrogens with zero attached hydrogens (tertiary/aromatic N) is 2. The molecule has 3 aromatic rings. The topological polar surface area (TPSA) is 65.4 Å². The molecular formula is C22H23N3O3. The lowest BCUT2D eigenvalue weighted by Crippen LogP contribution is -2.27. The zero-order chi connectivity index (χ0) is 19.5. The lowest BCUT2D eigenvalue weighted by molar-refractivity contribution is -0.121. The van der Waals surface area contributed by atoms with E-state index in [1.165, 1.54) is 0 Å². The fourth-order valence-corrected chi connectivity index (χ4v) is 3.42. The summed E-state index contributed by atoms with van der Waals surface area (Å²) >= 11 is 0. The van der Waals surface area contributed by atoms with Crippen LogP contribution in [0.2, 0.25) is 0 Å². The van der Waals surface area contributed by atoms with Crippen molar-refractivity contribution in [3.05, 3.63) is 71.5 Å². The van der Waals surface area contributed by atoms with Crippen LogP contribution < -0.4 is 14.8 Å². The molecule has 144 valence electrons. The maximum atomic E-state index is 12.4. The van der Waals surface area contributed by atoms with Gasteiger partial charge in [0.2, 0.25) is 12.7 Å². The smallest absolute Gasteiger partial charge is 0.231 e. The normalized spacial score (nSPS) is 13.4. The van der Waals surface area contributed by atoms with Gasteiger partial charge in [0.05, 0.1) is 17.9 Å². The van der Waals surface area contributed by atoms with Crippen molar-refractivity contribution in [3.8, 4) is 17.2 Å². The predicted octanol–water partition coefficient (Wildman–Crippen LogP) is 3.72. The number of para-hydroxylation sites is 1.